The predicted molar refractivity (Wildman–Crippen MR) is 121 cm³/mol. The summed E-state index contributed by atoms with van der Waals surface area (Å²) in [6, 6.07) is 9.90. The molecule has 0 bridgehead atoms. The van der Waals surface area contributed by atoms with E-state index in [9.17, 15) is 14.7 Å². The lowest BCUT2D eigenvalue weighted by Crippen LogP contribution is -2.68. The molecule has 2 fully saturated rings. The highest BCUT2D eigenvalue weighted by atomic mass is 35.5. The standard InChI is InChI=1S/C24H29ClN4O3/c1-16-5-4-12-29(16,23(31)28-15-18-13-20(25)10-7-17(18)14-26)22(30)24(32,19-8-9-19)21-6-2-3-11-27-21/h2-3,6-7,10-11,13,16,19,32H,4-5,8-9,12,14-15,26H2,1H3/p+1/t16-,24?,29?/m1/s1. The van der Waals surface area contributed by atoms with E-state index in [4.69, 9.17) is 17.3 Å². The van der Waals surface area contributed by atoms with E-state index < -0.39 is 22.0 Å². The van der Waals surface area contributed by atoms with E-state index in [0.717, 1.165) is 36.8 Å². The summed E-state index contributed by atoms with van der Waals surface area (Å²) < 4.78 is -0.428. The number of rotatable bonds is 6. The van der Waals surface area contributed by atoms with Gasteiger partial charge < -0.3 is 16.2 Å². The number of carbonyl (C=O) groups is 2. The maximum atomic E-state index is 14.1. The van der Waals surface area contributed by atoms with Crippen LogP contribution in [0.3, 0.4) is 0 Å². The molecule has 1 aromatic carbocycles. The fourth-order valence-electron chi connectivity index (χ4n) is 4.93. The summed E-state index contributed by atoms with van der Waals surface area (Å²) in [7, 11) is 0. The van der Waals surface area contributed by atoms with Gasteiger partial charge in [0.1, 0.15) is 6.04 Å². The Hall–Kier alpha value is -2.32. The number of imide groups is 1. The molecule has 1 saturated heterocycles. The molecular weight excluding hydrogens is 428 g/mol. The Balaban J connectivity index is 1.66. The van der Waals surface area contributed by atoms with Crippen molar-refractivity contribution in [3.05, 3.63) is 64.4 Å². The third-order valence-corrected chi connectivity index (χ3v) is 7.21. The number of halogens is 1. The summed E-state index contributed by atoms with van der Waals surface area (Å²) in [5, 5.41) is 15.2. The van der Waals surface area contributed by atoms with Crippen molar-refractivity contribution in [2.75, 3.05) is 6.54 Å². The minimum absolute atomic E-state index is 0.206. The van der Waals surface area contributed by atoms with Crippen molar-refractivity contribution in [3.63, 3.8) is 0 Å². The van der Waals surface area contributed by atoms with Crippen LogP contribution in [0.15, 0.2) is 42.6 Å². The van der Waals surface area contributed by atoms with Gasteiger partial charge in [-0.1, -0.05) is 23.7 Å². The number of urea groups is 1. The second-order valence-electron chi connectivity index (χ2n) is 8.92. The molecule has 2 unspecified atom stereocenters. The molecule has 0 spiro atoms. The first-order chi connectivity index (χ1) is 15.3. The van der Waals surface area contributed by atoms with Crippen molar-refractivity contribution in [2.24, 2.45) is 11.7 Å². The molecule has 32 heavy (non-hydrogen) atoms. The summed E-state index contributed by atoms with van der Waals surface area (Å²) in [5.74, 6) is -0.705. The topological polar surface area (TPSA) is 105 Å². The first-order valence-electron chi connectivity index (χ1n) is 11.2. The highest BCUT2D eigenvalue weighted by molar-refractivity contribution is 6.30. The number of pyridine rings is 1. The van der Waals surface area contributed by atoms with E-state index in [1.165, 1.54) is 0 Å². The van der Waals surface area contributed by atoms with Crippen LogP contribution in [0.25, 0.3) is 0 Å². The maximum absolute atomic E-state index is 14.1. The van der Waals surface area contributed by atoms with Gasteiger partial charge in [0.2, 0.25) is 5.60 Å². The number of hydrogen-bond donors (Lipinski definition) is 3. The number of nitrogens with one attached hydrogen (secondary N) is 1. The number of likely N-dealkylation sites (tertiary alicyclic amines) is 1. The van der Waals surface area contributed by atoms with Gasteiger partial charge in [0.25, 0.3) is 0 Å². The fourth-order valence-corrected chi connectivity index (χ4v) is 5.12. The molecule has 8 heteroatoms. The van der Waals surface area contributed by atoms with Crippen LogP contribution in [0.2, 0.25) is 5.02 Å². The number of quaternary nitrogens is 1. The van der Waals surface area contributed by atoms with E-state index in [1.807, 2.05) is 13.0 Å². The number of amides is 3. The highest BCUT2D eigenvalue weighted by Crippen LogP contribution is 2.48. The Morgan fingerprint density at radius 2 is 2.03 bits per heavy atom. The van der Waals surface area contributed by atoms with Crippen molar-refractivity contribution in [3.8, 4) is 0 Å². The van der Waals surface area contributed by atoms with Crippen LogP contribution < -0.4 is 11.1 Å². The Kier molecular flexibility index (Phi) is 6.36. The van der Waals surface area contributed by atoms with E-state index in [0.29, 0.717) is 23.8 Å². The van der Waals surface area contributed by atoms with Gasteiger partial charge in [0.15, 0.2) is 0 Å². The molecule has 0 radical (unpaired) electrons. The summed E-state index contributed by atoms with van der Waals surface area (Å²) in [6.07, 6.45) is 4.50. The summed E-state index contributed by atoms with van der Waals surface area (Å²) in [6.45, 7) is 2.78. The largest absolute Gasteiger partial charge is 0.424 e. The molecule has 1 aliphatic heterocycles. The number of benzene rings is 1. The van der Waals surface area contributed by atoms with Crippen LogP contribution in [0.4, 0.5) is 4.79 Å². The first-order valence-corrected chi connectivity index (χ1v) is 11.5. The highest BCUT2D eigenvalue weighted by Gasteiger charge is 2.65. The molecule has 4 rings (SSSR count). The molecule has 2 aromatic rings. The van der Waals surface area contributed by atoms with Crippen molar-refractivity contribution >= 4 is 23.5 Å². The van der Waals surface area contributed by atoms with Gasteiger partial charge in [-0.15, -0.1) is 0 Å². The Morgan fingerprint density at radius 1 is 1.25 bits per heavy atom. The third-order valence-electron chi connectivity index (χ3n) is 6.98. The van der Waals surface area contributed by atoms with Crippen molar-refractivity contribution in [1.82, 2.24) is 10.3 Å². The number of aromatic nitrogens is 1. The van der Waals surface area contributed by atoms with Gasteiger partial charge in [0.05, 0.1) is 12.2 Å². The molecule has 1 aromatic heterocycles. The molecule has 170 valence electrons. The lowest BCUT2D eigenvalue weighted by molar-refractivity contribution is -0.789. The lowest BCUT2D eigenvalue weighted by atomic mass is 9.89. The van der Waals surface area contributed by atoms with Gasteiger partial charge in [-0.3, -0.25) is 4.98 Å². The predicted octanol–water partition coefficient (Wildman–Crippen LogP) is 3.23. The Morgan fingerprint density at radius 3 is 2.62 bits per heavy atom. The molecule has 2 aliphatic rings. The zero-order valence-corrected chi connectivity index (χ0v) is 19.0. The van der Waals surface area contributed by atoms with E-state index in [1.54, 1.807) is 36.5 Å². The summed E-state index contributed by atoms with van der Waals surface area (Å²) in [4.78, 5) is 32.0. The van der Waals surface area contributed by atoms with Crippen LogP contribution in [-0.2, 0) is 23.5 Å². The van der Waals surface area contributed by atoms with Crippen molar-refractivity contribution < 1.29 is 19.2 Å². The number of aliphatic hydroxyl groups is 1. The molecule has 1 aliphatic carbocycles. The summed E-state index contributed by atoms with van der Waals surface area (Å²) >= 11 is 6.14. The van der Waals surface area contributed by atoms with E-state index >= 15 is 0 Å². The minimum Gasteiger partial charge on any atom is -0.371 e. The average molecular weight is 458 g/mol. The zero-order chi connectivity index (χ0) is 22.9. The lowest BCUT2D eigenvalue weighted by Gasteiger charge is -2.38. The average Bonchev–Trinajstić information content (AvgIpc) is 3.59. The quantitative estimate of drug-likeness (QED) is 0.577. The SMILES string of the molecule is C[C@@H]1CCC[N+]1(C(=O)NCc1cc(Cl)ccc1CN)C(=O)C(O)(c1ccccn1)C1CC1. The van der Waals surface area contributed by atoms with Crippen molar-refractivity contribution in [2.45, 2.75) is 57.3 Å². The molecule has 1 saturated carbocycles. The second-order valence-corrected chi connectivity index (χ2v) is 9.36. The minimum atomic E-state index is -1.78. The van der Waals surface area contributed by atoms with Gasteiger partial charge in [-0.25, -0.2) is 9.59 Å². The molecule has 4 N–H and O–H groups in total. The van der Waals surface area contributed by atoms with Crippen molar-refractivity contribution in [1.29, 1.82) is 0 Å². The van der Waals surface area contributed by atoms with E-state index in [2.05, 4.69) is 10.3 Å². The third kappa shape index (κ3) is 3.83. The molecule has 3 atom stereocenters. The molecule has 7 nitrogen and oxygen atoms in total. The Labute approximate surface area is 193 Å². The van der Waals surface area contributed by atoms with Crippen LogP contribution >= 0.6 is 11.6 Å². The van der Waals surface area contributed by atoms with Crippen LogP contribution in [0, 0.1) is 5.92 Å². The first kappa shape index (κ1) is 22.9. The number of nitrogens with zero attached hydrogens (tertiary/aromatic N) is 2. The van der Waals surface area contributed by atoms with Gasteiger partial charge in [-0.05, 0) is 55.2 Å². The van der Waals surface area contributed by atoms with Crippen LogP contribution in [0.5, 0.6) is 0 Å². The number of nitrogens with two attached hydrogens (primary N) is 1. The fraction of sp³-hybridized carbons (Fsp3) is 0.458. The smallest absolute Gasteiger partial charge is 0.371 e. The van der Waals surface area contributed by atoms with E-state index in [-0.39, 0.29) is 18.5 Å². The van der Waals surface area contributed by atoms with Crippen LogP contribution in [-0.4, -0.2) is 39.1 Å². The molecule has 3 amide bonds. The molecular formula is C24H30ClN4O3+. The molecule has 2 heterocycles. The number of hydrogen-bond acceptors (Lipinski definition) is 5. The normalized spacial score (nSPS) is 24.7. The maximum Gasteiger partial charge on any atom is 0.424 e. The number of carbonyl (C=O) groups excluding carboxylic acids is 2. The van der Waals surface area contributed by atoms with Gasteiger partial charge in [0, 0.05) is 43.1 Å². The van der Waals surface area contributed by atoms with Gasteiger partial charge in [-0.2, -0.15) is 4.48 Å². The second kappa shape index (κ2) is 8.90. The summed E-state index contributed by atoms with van der Waals surface area (Å²) in [5.41, 5.74) is 6.06. The van der Waals surface area contributed by atoms with Crippen LogP contribution in [0.1, 0.15) is 49.4 Å². The monoisotopic (exact) mass is 457 g/mol. The zero-order valence-electron chi connectivity index (χ0n) is 18.3. The van der Waals surface area contributed by atoms with Gasteiger partial charge >= 0.3 is 11.9 Å². The Bertz CT molecular complexity index is 1010.